The third-order valence-corrected chi connectivity index (χ3v) is 7.29. The molecular formula is C21H16Br2N2O3S. The van der Waals surface area contributed by atoms with E-state index < -0.39 is 16.1 Å². The maximum atomic E-state index is 13.5. The van der Waals surface area contributed by atoms with Crippen molar-refractivity contribution in [2.24, 2.45) is 0 Å². The van der Waals surface area contributed by atoms with Crippen LogP contribution in [-0.4, -0.2) is 22.5 Å². The van der Waals surface area contributed by atoms with Gasteiger partial charge in [-0.1, -0.05) is 39.7 Å². The number of rotatable bonds is 4. The lowest BCUT2D eigenvalue weighted by Gasteiger charge is -2.16. The van der Waals surface area contributed by atoms with Gasteiger partial charge in [0.25, 0.3) is 10.0 Å². The van der Waals surface area contributed by atoms with Crippen LogP contribution in [-0.2, 0) is 10.0 Å². The molecule has 4 aromatic rings. The van der Waals surface area contributed by atoms with Gasteiger partial charge in [-0.3, -0.25) is 0 Å². The summed E-state index contributed by atoms with van der Waals surface area (Å²) in [7, 11) is -3.94. The number of nitrogens with zero attached hydrogens (tertiary/aromatic N) is 2. The predicted molar refractivity (Wildman–Crippen MR) is 119 cm³/mol. The fourth-order valence-corrected chi connectivity index (χ4v) is 5.47. The van der Waals surface area contributed by atoms with E-state index in [2.05, 4.69) is 36.8 Å². The van der Waals surface area contributed by atoms with Gasteiger partial charge in [-0.2, -0.15) is 0 Å². The first-order valence-electron chi connectivity index (χ1n) is 8.71. The average molecular weight is 536 g/mol. The highest BCUT2D eigenvalue weighted by molar-refractivity contribution is 9.10. The molecule has 0 saturated heterocycles. The van der Waals surface area contributed by atoms with Crippen molar-refractivity contribution in [2.45, 2.75) is 17.9 Å². The third kappa shape index (κ3) is 3.77. The van der Waals surface area contributed by atoms with Gasteiger partial charge < -0.3 is 5.11 Å². The average Bonchev–Trinajstić information content (AvgIpc) is 3.07. The zero-order valence-electron chi connectivity index (χ0n) is 15.3. The van der Waals surface area contributed by atoms with Crippen LogP contribution in [0.3, 0.4) is 0 Å². The SMILES string of the molecule is Cc1ccc(S(=O)(=O)n2c(C(O)c3cccc(Br)n3)cc3cc(Br)ccc32)cc1. The third-order valence-electron chi connectivity index (χ3n) is 4.60. The van der Waals surface area contributed by atoms with Gasteiger partial charge in [-0.15, -0.1) is 0 Å². The summed E-state index contributed by atoms with van der Waals surface area (Å²) < 4.78 is 29.7. The normalized spacial score (nSPS) is 13.0. The standard InChI is InChI=1S/C21H16Br2N2O3S/c1-13-5-8-16(9-6-13)29(27,28)25-18-10-7-15(22)11-14(18)12-19(25)21(26)17-3-2-4-20(23)24-17/h2-12,21,26H,1H3. The molecule has 0 aliphatic carbocycles. The number of hydrogen-bond acceptors (Lipinski definition) is 4. The molecule has 5 nitrogen and oxygen atoms in total. The van der Waals surface area contributed by atoms with Gasteiger partial charge in [0.05, 0.1) is 21.8 Å². The van der Waals surface area contributed by atoms with E-state index in [9.17, 15) is 13.5 Å². The minimum atomic E-state index is -3.94. The molecule has 0 aliphatic heterocycles. The van der Waals surface area contributed by atoms with Crippen LogP contribution in [0.25, 0.3) is 10.9 Å². The highest BCUT2D eigenvalue weighted by atomic mass is 79.9. The summed E-state index contributed by atoms with van der Waals surface area (Å²) in [5.41, 5.74) is 2.02. The Morgan fingerprint density at radius 2 is 1.72 bits per heavy atom. The van der Waals surface area contributed by atoms with Crippen molar-refractivity contribution >= 4 is 52.8 Å². The molecular weight excluding hydrogens is 520 g/mol. The second-order valence-electron chi connectivity index (χ2n) is 6.64. The fraction of sp³-hybridized carbons (Fsp3) is 0.0952. The van der Waals surface area contributed by atoms with E-state index in [0.29, 0.717) is 21.2 Å². The lowest BCUT2D eigenvalue weighted by molar-refractivity contribution is 0.209. The molecule has 0 aliphatic rings. The quantitative estimate of drug-likeness (QED) is 0.365. The van der Waals surface area contributed by atoms with Crippen LogP contribution < -0.4 is 0 Å². The van der Waals surface area contributed by atoms with Crippen LogP contribution >= 0.6 is 31.9 Å². The van der Waals surface area contributed by atoms with Crippen LogP contribution in [0.15, 0.2) is 80.7 Å². The zero-order chi connectivity index (χ0) is 20.8. The molecule has 0 saturated carbocycles. The molecule has 2 aromatic heterocycles. The van der Waals surface area contributed by atoms with Gasteiger partial charge in [0.15, 0.2) is 0 Å². The number of aliphatic hydroxyl groups is 1. The van der Waals surface area contributed by atoms with Gasteiger partial charge in [0.1, 0.15) is 10.7 Å². The first kappa shape index (κ1) is 20.3. The van der Waals surface area contributed by atoms with Crippen molar-refractivity contribution in [1.29, 1.82) is 0 Å². The van der Waals surface area contributed by atoms with E-state index in [1.54, 1.807) is 60.7 Å². The number of benzene rings is 2. The fourth-order valence-electron chi connectivity index (χ4n) is 3.18. The molecule has 8 heteroatoms. The van der Waals surface area contributed by atoms with Crippen molar-refractivity contribution < 1.29 is 13.5 Å². The molecule has 1 atom stereocenters. The Hall–Kier alpha value is -2.00. The Morgan fingerprint density at radius 1 is 1.00 bits per heavy atom. The Labute approximate surface area is 185 Å². The largest absolute Gasteiger partial charge is 0.380 e. The van der Waals surface area contributed by atoms with E-state index >= 15 is 0 Å². The van der Waals surface area contributed by atoms with Crippen molar-refractivity contribution in [3.8, 4) is 0 Å². The number of aryl methyl sites for hydroxylation is 1. The molecule has 4 rings (SSSR count). The van der Waals surface area contributed by atoms with Crippen LogP contribution in [0.4, 0.5) is 0 Å². The molecule has 2 aromatic carbocycles. The molecule has 0 radical (unpaired) electrons. The second kappa shape index (κ2) is 7.68. The van der Waals surface area contributed by atoms with E-state index in [4.69, 9.17) is 0 Å². The lowest BCUT2D eigenvalue weighted by Crippen LogP contribution is -2.18. The summed E-state index contributed by atoms with van der Waals surface area (Å²) in [4.78, 5) is 4.45. The molecule has 0 amide bonds. The van der Waals surface area contributed by atoms with Gasteiger partial charge in [0.2, 0.25) is 0 Å². The molecule has 0 bridgehead atoms. The van der Waals surface area contributed by atoms with Gasteiger partial charge in [-0.25, -0.2) is 17.4 Å². The minimum absolute atomic E-state index is 0.152. The second-order valence-corrected chi connectivity index (χ2v) is 10.2. The van der Waals surface area contributed by atoms with Gasteiger partial charge in [-0.05, 0) is 71.4 Å². The first-order chi connectivity index (χ1) is 13.8. The molecule has 148 valence electrons. The summed E-state index contributed by atoms with van der Waals surface area (Å²) in [6.07, 6.45) is -1.22. The summed E-state index contributed by atoms with van der Waals surface area (Å²) in [6.45, 7) is 1.90. The van der Waals surface area contributed by atoms with Crippen molar-refractivity contribution in [2.75, 3.05) is 0 Å². The van der Waals surface area contributed by atoms with Crippen LogP contribution in [0, 0.1) is 6.92 Å². The maximum Gasteiger partial charge on any atom is 0.268 e. The smallest absolute Gasteiger partial charge is 0.268 e. The Balaban J connectivity index is 1.99. The number of pyridine rings is 1. The van der Waals surface area contributed by atoms with Crippen LogP contribution in [0.5, 0.6) is 0 Å². The Morgan fingerprint density at radius 3 is 2.41 bits per heavy atom. The van der Waals surface area contributed by atoms with E-state index in [1.165, 1.54) is 3.97 Å². The van der Waals surface area contributed by atoms with Crippen molar-refractivity contribution in [1.82, 2.24) is 8.96 Å². The highest BCUT2D eigenvalue weighted by Gasteiger charge is 2.28. The first-order valence-corrected chi connectivity index (χ1v) is 11.7. The van der Waals surface area contributed by atoms with E-state index in [-0.39, 0.29) is 10.6 Å². The van der Waals surface area contributed by atoms with E-state index in [1.807, 2.05) is 13.0 Å². The summed E-state index contributed by atoms with van der Waals surface area (Å²) in [6, 6.07) is 18.8. The number of fused-ring (bicyclic) bond motifs is 1. The number of halogens is 2. The monoisotopic (exact) mass is 534 g/mol. The number of aromatic nitrogens is 2. The van der Waals surface area contributed by atoms with Gasteiger partial charge >= 0.3 is 0 Å². The molecule has 0 spiro atoms. The predicted octanol–water partition coefficient (Wildman–Crippen LogP) is 5.19. The zero-order valence-corrected chi connectivity index (χ0v) is 19.2. The summed E-state index contributed by atoms with van der Waals surface area (Å²) >= 11 is 6.72. The minimum Gasteiger partial charge on any atom is -0.380 e. The van der Waals surface area contributed by atoms with Crippen molar-refractivity contribution in [3.05, 3.63) is 92.8 Å². The van der Waals surface area contributed by atoms with Crippen LogP contribution in [0.1, 0.15) is 23.1 Å². The maximum absolute atomic E-state index is 13.5. The number of aliphatic hydroxyl groups excluding tert-OH is 1. The summed E-state index contributed by atoms with van der Waals surface area (Å²) in [5.74, 6) is 0. The van der Waals surface area contributed by atoms with Gasteiger partial charge in [0, 0.05) is 9.86 Å². The number of hydrogen-bond donors (Lipinski definition) is 1. The van der Waals surface area contributed by atoms with E-state index in [0.717, 1.165) is 10.0 Å². The molecule has 0 fully saturated rings. The Bertz CT molecular complexity index is 1320. The molecule has 29 heavy (non-hydrogen) atoms. The van der Waals surface area contributed by atoms with Crippen molar-refractivity contribution in [3.63, 3.8) is 0 Å². The Kier molecular flexibility index (Phi) is 5.37. The topological polar surface area (TPSA) is 72.2 Å². The molecule has 1 unspecified atom stereocenters. The molecule has 2 heterocycles. The molecule has 1 N–H and O–H groups in total. The van der Waals surface area contributed by atoms with Crippen LogP contribution in [0.2, 0.25) is 0 Å². The highest BCUT2D eigenvalue weighted by Crippen LogP contribution is 2.33. The summed E-state index contributed by atoms with van der Waals surface area (Å²) in [5, 5.41) is 11.7. The lowest BCUT2D eigenvalue weighted by atomic mass is 10.1.